The maximum atomic E-state index is 15.0. The maximum Gasteiger partial charge on any atom is 0.329 e. The van der Waals surface area contributed by atoms with Crippen LogP contribution in [0.3, 0.4) is 0 Å². The van der Waals surface area contributed by atoms with E-state index in [1.54, 1.807) is 27.8 Å². The summed E-state index contributed by atoms with van der Waals surface area (Å²) in [6.07, 6.45) is 4.37. The molecule has 0 bridgehead atoms. The van der Waals surface area contributed by atoms with E-state index in [1.165, 1.54) is 26.5 Å². The summed E-state index contributed by atoms with van der Waals surface area (Å²) in [6.45, 7) is 12.1. The van der Waals surface area contributed by atoms with E-state index in [2.05, 4.69) is 36.9 Å². The Morgan fingerprint density at radius 2 is 1.32 bits per heavy atom. The van der Waals surface area contributed by atoms with Gasteiger partial charge in [0, 0.05) is 63.2 Å². The summed E-state index contributed by atoms with van der Waals surface area (Å²) in [6, 6.07) is 8.37. The van der Waals surface area contributed by atoms with Crippen LogP contribution in [0.25, 0.3) is 10.9 Å². The Balaban J connectivity index is 1.53. The van der Waals surface area contributed by atoms with Gasteiger partial charge < -0.3 is 68.6 Å². The molecule has 1 aromatic heterocycles. The first-order chi connectivity index (χ1) is 41.6. The molecule has 7 atom stereocenters. The number of likely N-dealkylation sites (tertiary alicyclic amines) is 1. The molecule has 1 saturated heterocycles. The van der Waals surface area contributed by atoms with Crippen molar-refractivity contribution < 1.29 is 52.7 Å². The number of ether oxygens (including phenoxy) is 1. The molecule has 88 heavy (non-hydrogen) atoms. The van der Waals surface area contributed by atoms with Gasteiger partial charge in [0.25, 0.3) is 5.91 Å². The number of nitrogens with one attached hydrogen (secondary N) is 7. The summed E-state index contributed by atoms with van der Waals surface area (Å²) in [7, 11) is 9.98. The zero-order valence-corrected chi connectivity index (χ0v) is 56.0. The standard InChI is InChI=1S/C60H92N12O11S5/c1-59(2,3)87-85-30-26-45(57(81)72-29-18-25-48(72)58(82)83-35-50(74)67-44(23-14-16-27-61)54(78)69-46(52(63)76)32-51(75)84-36-38-19-10-9-11-20-38)68-56(80)47(31-39-33-64-42-22-13-12-21-40(39)42)70-55(79)43(24-15-17-28-71(7)8)66-49(73)34-65-53(77)41(62)37-86-88-60(4,5)6/h9-13,19-22,33,41,43-48,64H,14-18,23-32,34-37,61-62H2,1-8H3,(H2,63,76)(H,65,77)(H,66,73)(H,67,74)(H,68,80)(H,69,78)(H,70,79)/t41-,43-,44-,45-,46-,47-,48-/m0/s1. The fourth-order valence-corrected chi connectivity index (χ4v) is 14.6. The number of benzene rings is 2. The second-order valence-electron chi connectivity index (χ2n) is 23.7. The van der Waals surface area contributed by atoms with Gasteiger partial charge in [0.1, 0.15) is 36.3 Å². The number of primary amides is 1. The number of nitrogens with zero attached hydrogens (tertiary/aromatic N) is 2. The molecule has 3 aromatic rings. The highest BCUT2D eigenvalue weighted by molar-refractivity contribution is 8.77. The molecule has 8 amide bonds. The topological polar surface area (TPSA) is 352 Å². The Hall–Kier alpha value is -5.49. The summed E-state index contributed by atoms with van der Waals surface area (Å²) in [5.74, 6) is -5.57. The average Bonchev–Trinajstić information content (AvgIpc) is 3.46. The zero-order valence-electron chi connectivity index (χ0n) is 51.9. The molecule has 488 valence electrons. The van der Waals surface area contributed by atoms with Crippen molar-refractivity contribution in [3.63, 3.8) is 0 Å². The Bertz CT molecular complexity index is 2780. The Morgan fingerprint density at radius 1 is 0.716 bits per heavy atom. The number of para-hydroxylation sites is 1. The zero-order chi connectivity index (χ0) is 65.0. The number of thioether (sulfide) groups is 1. The average molecular weight is 1320 g/mol. The number of hydrogen-bond donors (Lipinski definition) is 10. The maximum absolute atomic E-state index is 15.0. The molecule has 2 heterocycles. The molecule has 28 heteroatoms. The number of H-pyrrole nitrogens is 1. The number of unbranched alkanes of at least 4 members (excludes halogenated alkanes) is 2. The van der Waals surface area contributed by atoms with Crippen LogP contribution in [0.5, 0.6) is 0 Å². The predicted molar refractivity (Wildman–Crippen MR) is 354 cm³/mol. The summed E-state index contributed by atoms with van der Waals surface area (Å²) >= 11 is 0.968. The summed E-state index contributed by atoms with van der Waals surface area (Å²) in [5, 5.41) is 16.6. The van der Waals surface area contributed by atoms with Crippen LogP contribution in [0, 0.1) is 0 Å². The molecule has 1 fully saturated rings. The minimum atomic E-state index is -1.38. The smallest absolute Gasteiger partial charge is 0.329 e. The molecule has 0 radical (unpaired) electrons. The van der Waals surface area contributed by atoms with E-state index >= 15 is 0 Å². The lowest BCUT2D eigenvalue weighted by Crippen LogP contribution is -2.59. The van der Waals surface area contributed by atoms with Crippen LogP contribution in [0.15, 0.2) is 60.8 Å². The molecule has 13 N–H and O–H groups in total. The lowest BCUT2D eigenvalue weighted by Gasteiger charge is -2.30. The molecular formula is C60H92N12O11S5. The van der Waals surface area contributed by atoms with Gasteiger partial charge in [0.15, 0.2) is 11.7 Å². The number of hydrogen-bond acceptors (Lipinski definition) is 19. The third-order valence-corrected chi connectivity index (χ3v) is 21.2. The van der Waals surface area contributed by atoms with Gasteiger partial charge in [-0.3, -0.25) is 43.2 Å². The number of amides is 8. The highest BCUT2D eigenvalue weighted by atomic mass is 33.1. The van der Waals surface area contributed by atoms with Gasteiger partial charge in [-0.15, -0.1) is 0 Å². The highest BCUT2D eigenvalue weighted by Gasteiger charge is 2.40. The Labute approximate surface area is 537 Å². The third-order valence-electron chi connectivity index (χ3n) is 13.5. The fourth-order valence-electron chi connectivity index (χ4n) is 9.03. The molecule has 0 aliphatic carbocycles. The number of aromatic amines is 1. The number of carbonyl (C=O) groups excluding carboxylic acids is 10. The summed E-state index contributed by atoms with van der Waals surface area (Å²) in [5.41, 5.74) is 19.8. The number of rotatable bonds is 38. The van der Waals surface area contributed by atoms with Crippen molar-refractivity contribution in [3.8, 4) is 0 Å². The van der Waals surface area contributed by atoms with Crippen molar-refractivity contribution in [1.29, 1.82) is 0 Å². The van der Waals surface area contributed by atoms with Crippen molar-refractivity contribution in [1.82, 2.24) is 46.7 Å². The number of carbonyl (C=O) groups is 10. The molecule has 1 aliphatic heterocycles. The van der Waals surface area contributed by atoms with E-state index in [1.807, 2.05) is 115 Å². The molecule has 4 rings (SSSR count). The number of esters is 1. The van der Waals surface area contributed by atoms with Crippen LogP contribution in [0.2, 0.25) is 0 Å². The largest absolute Gasteiger partial charge is 0.454 e. The number of nitrogens with two attached hydrogens (primary N) is 3. The first-order valence-electron chi connectivity index (χ1n) is 29.6. The number of aromatic nitrogens is 1. The van der Waals surface area contributed by atoms with E-state index in [-0.39, 0.29) is 53.3 Å². The van der Waals surface area contributed by atoms with Crippen molar-refractivity contribution in [2.45, 2.75) is 170 Å². The van der Waals surface area contributed by atoms with Crippen LogP contribution >= 0.6 is 54.9 Å². The Kier molecular flexibility index (Phi) is 32.6. The van der Waals surface area contributed by atoms with E-state index in [0.717, 1.165) is 28.2 Å². The van der Waals surface area contributed by atoms with Crippen LogP contribution in [-0.2, 0) is 64.9 Å². The first kappa shape index (κ1) is 75.0. The van der Waals surface area contributed by atoms with Crippen molar-refractivity contribution in [3.05, 3.63) is 71.9 Å². The lowest BCUT2D eigenvalue weighted by atomic mass is 10.0. The summed E-state index contributed by atoms with van der Waals surface area (Å²) < 4.78 is 5.31. The van der Waals surface area contributed by atoms with Crippen LogP contribution in [0.1, 0.15) is 117 Å². The van der Waals surface area contributed by atoms with Gasteiger partial charge in [-0.05, 0) is 102 Å². The highest BCUT2D eigenvalue weighted by Crippen LogP contribution is 2.36. The van der Waals surface area contributed by atoms with Crippen molar-refractivity contribution in [2.75, 3.05) is 58.4 Å². The van der Waals surface area contributed by atoms with Gasteiger partial charge in [0.2, 0.25) is 41.4 Å². The molecule has 23 nitrogen and oxygen atoms in total. The predicted octanol–water partition coefficient (Wildman–Crippen LogP) is 4.06. The lowest BCUT2D eigenvalue weighted by molar-refractivity contribution is -0.157. The molecule has 0 unspecified atom stereocenters. The van der Waals surface area contributed by atoms with E-state index in [0.29, 0.717) is 68.0 Å². The summed E-state index contributed by atoms with van der Waals surface area (Å²) in [4.78, 5) is 144. The van der Waals surface area contributed by atoms with Crippen LogP contribution in [-0.4, -0.2) is 183 Å². The van der Waals surface area contributed by atoms with Crippen LogP contribution in [0.4, 0.5) is 0 Å². The molecular weight excluding hydrogens is 1230 g/mol. The second-order valence-corrected chi connectivity index (χ2v) is 31.2. The van der Waals surface area contributed by atoms with Gasteiger partial charge >= 0.3 is 5.97 Å². The van der Waals surface area contributed by atoms with Crippen LogP contribution < -0.4 is 49.1 Å². The number of fused-ring (bicyclic) bond motifs is 1. The van der Waals surface area contributed by atoms with Gasteiger partial charge in [0.05, 0.1) is 12.6 Å². The van der Waals surface area contributed by atoms with Gasteiger partial charge in [-0.2, -0.15) is 0 Å². The quantitative estimate of drug-likeness (QED) is 0.0220. The van der Waals surface area contributed by atoms with E-state index in [4.69, 9.17) is 21.9 Å². The molecule has 1 aliphatic rings. The van der Waals surface area contributed by atoms with Gasteiger partial charge in [-0.25, -0.2) is 4.79 Å². The van der Waals surface area contributed by atoms with Crippen molar-refractivity contribution in [2.24, 2.45) is 17.2 Å². The van der Waals surface area contributed by atoms with Crippen molar-refractivity contribution >= 4 is 124 Å². The minimum absolute atomic E-state index is 0.0338. The SMILES string of the molecule is CN(C)CCCC[C@H](NC(=O)CNC(=O)[C@@H](N)CSSC(C)(C)C)C(=O)N[C@@H](Cc1c[nH]c2ccccc12)C(=O)N[C@@H](CCSSC(C)(C)C)C(=O)N1CCC[C@H]1C(=O)OCC(=O)N[C@@H](CCCCN)C(=O)N[C@@H](CC(=O)SCc1ccccc1)C(N)=O. The normalized spacial score (nSPS) is 15.5. The fraction of sp³-hybridized carbons (Fsp3) is 0.600. The minimum Gasteiger partial charge on any atom is -0.454 e. The molecule has 2 aromatic carbocycles. The Morgan fingerprint density at radius 3 is 1.97 bits per heavy atom. The van der Waals surface area contributed by atoms with Gasteiger partial charge in [-0.1, -0.05) is 145 Å². The monoisotopic (exact) mass is 1320 g/mol. The molecule has 0 spiro atoms. The van der Waals surface area contributed by atoms with E-state index < -0.39 is 115 Å². The first-order valence-corrected chi connectivity index (χ1v) is 35.3. The van der Waals surface area contributed by atoms with E-state index in [9.17, 15) is 47.9 Å². The third kappa shape index (κ3) is 28.1. The molecule has 0 saturated carbocycles. The second kappa shape index (κ2) is 38.3.